The van der Waals surface area contributed by atoms with Gasteiger partial charge in [-0.1, -0.05) is 24.3 Å². The summed E-state index contributed by atoms with van der Waals surface area (Å²) in [6, 6.07) is 14.2. The predicted molar refractivity (Wildman–Crippen MR) is 93.0 cm³/mol. The zero-order chi connectivity index (χ0) is 16.4. The van der Waals surface area contributed by atoms with Gasteiger partial charge in [-0.2, -0.15) is 0 Å². The largest absolute Gasteiger partial charge is 0.307 e. The van der Waals surface area contributed by atoms with E-state index in [-0.39, 0.29) is 16.4 Å². The minimum Gasteiger partial charge on any atom is -0.307 e. The molecule has 0 bridgehead atoms. The van der Waals surface area contributed by atoms with Crippen LogP contribution >= 0.6 is 11.8 Å². The molecule has 23 heavy (non-hydrogen) atoms. The van der Waals surface area contributed by atoms with E-state index < -0.39 is 9.84 Å². The van der Waals surface area contributed by atoms with E-state index in [1.165, 1.54) is 6.07 Å². The van der Waals surface area contributed by atoms with Crippen LogP contribution < -0.4 is 4.90 Å². The number of anilines is 1. The summed E-state index contributed by atoms with van der Waals surface area (Å²) in [5.41, 5.74) is 1.08. The van der Waals surface area contributed by atoms with Crippen molar-refractivity contribution < 1.29 is 13.2 Å². The van der Waals surface area contributed by atoms with E-state index in [4.69, 9.17) is 0 Å². The molecule has 0 unspecified atom stereocenters. The van der Waals surface area contributed by atoms with Crippen LogP contribution in [-0.2, 0) is 9.84 Å². The van der Waals surface area contributed by atoms with Crippen molar-refractivity contribution >= 4 is 33.2 Å². The lowest BCUT2D eigenvalue weighted by atomic mass is 10.1. The van der Waals surface area contributed by atoms with Gasteiger partial charge in [0.05, 0.1) is 16.1 Å². The maximum absolute atomic E-state index is 13.0. The van der Waals surface area contributed by atoms with Gasteiger partial charge in [0.1, 0.15) is 0 Å². The molecule has 0 fully saturated rings. The molecule has 0 aliphatic carbocycles. The third kappa shape index (κ3) is 3.28. The summed E-state index contributed by atoms with van der Waals surface area (Å²) in [4.78, 5) is 15.9. The molecule has 1 aliphatic rings. The first-order valence-corrected chi connectivity index (χ1v) is 10.2. The van der Waals surface area contributed by atoms with Gasteiger partial charge in [0.15, 0.2) is 9.84 Å². The van der Waals surface area contributed by atoms with Gasteiger partial charge in [-0.15, -0.1) is 11.8 Å². The molecular formula is C17H17NO3S2. The molecule has 4 nitrogen and oxygen atoms in total. The highest BCUT2D eigenvalue weighted by Crippen LogP contribution is 2.34. The first-order valence-electron chi connectivity index (χ1n) is 7.31. The lowest BCUT2D eigenvalue weighted by molar-refractivity contribution is 0.0983. The smallest absolute Gasteiger partial charge is 0.259 e. The molecule has 0 spiro atoms. The van der Waals surface area contributed by atoms with E-state index in [2.05, 4.69) is 0 Å². The van der Waals surface area contributed by atoms with Gasteiger partial charge in [-0.3, -0.25) is 4.79 Å². The Hall–Kier alpha value is -1.79. The van der Waals surface area contributed by atoms with E-state index in [9.17, 15) is 13.2 Å². The number of carbonyl (C=O) groups excluding carboxylic acids is 1. The van der Waals surface area contributed by atoms with Crippen LogP contribution in [0.3, 0.4) is 0 Å². The fraction of sp³-hybridized carbons (Fsp3) is 0.235. The van der Waals surface area contributed by atoms with Crippen LogP contribution in [0.4, 0.5) is 5.69 Å². The second-order valence-electron chi connectivity index (χ2n) is 5.39. The van der Waals surface area contributed by atoms with Crippen LogP contribution in [0, 0.1) is 0 Å². The molecule has 0 radical (unpaired) electrons. The third-order valence-corrected chi connectivity index (χ3v) is 6.01. The van der Waals surface area contributed by atoms with E-state index in [0.717, 1.165) is 29.0 Å². The fourth-order valence-electron chi connectivity index (χ4n) is 2.65. The number of sulfone groups is 1. The van der Waals surface area contributed by atoms with E-state index >= 15 is 0 Å². The molecular weight excluding hydrogens is 330 g/mol. The normalized spacial score (nSPS) is 14.9. The van der Waals surface area contributed by atoms with Crippen molar-refractivity contribution in [3.05, 3.63) is 54.1 Å². The van der Waals surface area contributed by atoms with Gasteiger partial charge in [0.25, 0.3) is 5.91 Å². The van der Waals surface area contributed by atoms with Crippen molar-refractivity contribution in [2.24, 2.45) is 0 Å². The molecule has 0 atom stereocenters. The molecule has 1 aliphatic heterocycles. The van der Waals surface area contributed by atoms with Crippen LogP contribution in [-0.4, -0.2) is 32.9 Å². The lowest BCUT2D eigenvalue weighted by Crippen LogP contribution is -2.32. The van der Waals surface area contributed by atoms with E-state index in [0.29, 0.717) is 6.54 Å². The monoisotopic (exact) mass is 347 g/mol. The molecule has 120 valence electrons. The summed E-state index contributed by atoms with van der Waals surface area (Å²) >= 11 is 1.72. The number of thioether (sulfide) groups is 1. The van der Waals surface area contributed by atoms with Gasteiger partial charge < -0.3 is 4.90 Å². The Bertz CT molecular complexity index is 846. The van der Waals surface area contributed by atoms with Gasteiger partial charge in [-0.25, -0.2) is 8.42 Å². The molecule has 3 rings (SSSR count). The minimum atomic E-state index is -3.46. The highest BCUT2D eigenvalue weighted by Gasteiger charge is 2.26. The Labute approximate surface area is 140 Å². The Morgan fingerprint density at radius 1 is 1.09 bits per heavy atom. The predicted octanol–water partition coefficient (Wildman–Crippen LogP) is 3.23. The zero-order valence-corrected chi connectivity index (χ0v) is 14.4. The molecule has 1 heterocycles. The molecule has 2 aromatic rings. The Morgan fingerprint density at radius 2 is 1.78 bits per heavy atom. The van der Waals surface area contributed by atoms with Crippen molar-refractivity contribution in [2.45, 2.75) is 16.2 Å². The molecule has 1 amide bonds. The highest BCUT2D eigenvalue weighted by molar-refractivity contribution is 7.99. The average molecular weight is 347 g/mol. The van der Waals surface area contributed by atoms with Crippen LogP contribution in [0.2, 0.25) is 0 Å². The molecule has 0 saturated heterocycles. The van der Waals surface area contributed by atoms with Crippen molar-refractivity contribution in [1.82, 2.24) is 0 Å². The number of hydrogen-bond acceptors (Lipinski definition) is 4. The van der Waals surface area contributed by atoms with Crippen molar-refractivity contribution in [2.75, 3.05) is 23.5 Å². The number of hydrogen-bond donors (Lipinski definition) is 0. The topological polar surface area (TPSA) is 54.5 Å². The van der Waals surface area contributed by atoms with Gasteiger partial charge in [-0.05, 0) is 36.4 Å². The Kier molecular flexibility index (Phi) is 4.46. The van der Waals surface area contributed by atoms with Crippen molar-refractivity contribution in [3.8, 4) is 0 Å². The summed E-state index contributed by atoms with van der Waals surface area (Å²) in [5, 5.41) is 0. The number of rotatable bonds is 2. The molecule has 6 heteroatoms. The Morgan fingerprint density at radius 3 is 2.57 bits per heavy atom. The molecule has 2 aromatic carbocycles. The summed E-state index contributed by atoms with van der Waals surface area (Å²) in [6.07, 6.45) is 2.00. The maximum Gasteiger partial charge on any atom is 0.259 e. The van der Waals surface area contributed by atoms with Gasteiger partial charge in [0, 0.05) is 17.7 Å². The first-order chi connectivity index (χ1) is 11.0. The summed E-state index contributed by atoms with van der Waals surface area (Å²) in [7, 11) is -3.46. The highest BCUT2D eigenvalue weighted by atomic mass is 32.2. The number of carbonyl (C=O) groups is 1. The quantitative estimate of drug-likeness (QED) is 0.837. The Balaban J connectivity index is 2.09. The summed E-state index contributed by atoms with van der Waals surface area (Å²) in [5.74, 6) is 0.676. The number of benzene rings is 2. The van der Waals surface area contributed by atoms with E-state index in [1.807, 2.05) is 24.3 Å². The van der Waals surface area contributed by atoms with Crippen LogP contribution in [0.1, 0.15) is 16.8 Å². The van der Waals surface area contributed by atoms with Crippen LogP contribution in [0.25, 0.3) is 0 Å². The summed E-state index contributed by atoms with van der Waals surface area (Å²) < 4.78 is 24.0. The second kappa shape index (κ2) is 6.37. The van der Waals surface area contributed by atoms with Gasteiger partial charge in [0.2, 0.25) is 0 Å². The van der Waals surface area contributed by atoms with Gasteiger partial charge >= 0.3 is 0 Å². The summed E-state index contributed by atoms with van der Waals surface area (Å²) in [6.45, 7) is 0.584. The second-order valence-corrected chi connectivity index (χ2v) is 8.52. The average Bonchev–Trinajstić information content (AvgIpc) is 2.76. The van der Waals surface area contributed by atoms with Crippen molar-refractivity contribution in [1.29, 1.82) is 0 Å². The lowest BCUT2D eigenvalue weighted by Gasteiger charge is -2.23. The van der Waals surface area contributed by atoms with Crippen molar-refractivity contribution in [3.63, 3.8) is 0 Å². The zero-order valence-electron chi connectivity index (χ0n) is 12.7. The standard InChI is InChI=1S/C17H17NO3S2/c1-23(20,21)16-10-5-2-7-13(16)17(19)18-11-6-12-22-15-9-4-3-8-14(15)18/h2-5,7-10H,6,11-12H2,1H3. The maximum atomic E-state index is 13.0. The molecule has 0 N–H and O–H groups in total. The van der Waals surface area contributed by atoms with Crippen LogP contribution in [0.5, 0.6) is 0 Å². The molecule has 0 aromatic heterocycles. The number of fused-ring (bicyclic) bond motifs is 1. The number of para-hydroxylation sites is 1. The SMILES string of the molecule is CS(=O)(=O)c1ccccc1C(=O)N1CCCSc2ccccc21. The number of nitrogens with zero attached hydrogens (tertiary/aromatic N) is 1. The minimum absolute atomic E-state index is 0.0828. The number of amides is 1. The fourth-order valence-corrected chi connectivity index (χ4v) is 4.53. The van der Waals surface area contributed by atoms with Crippen LogP contribution in [0.15, 0.2) is 58.3 Å². The third-order valence-electron chi connectivity index (χ3n) is 3.70. The van der Waals surface area contributed by atoms with E-state index in [1.54, 1.807) is 34.9 Å². The first kappa shape index (κ1) is 16.1. The molecule has 0 saturated carbocycles.